The van der Waals surface area contributed by atoms with Crippen LogP contribution in [0.3, 0.4) is 0 Å². The first-order valence-corrected chi connectivity index (χ1v) is 7.63. The second kappa shape index (κ2) is 5.45. The molecule has 0 N–H and O–H groups in total. The second-order valence-electron chi connectivity index (χ2n) is 3.12. The van der Waals surface area contributed by atoms with Crippen molar-refractivity contribution in [1.82, 2.24) is 0 Å². The van der Waals surface area contributed by atoms with Gasteiger partial charge in [-0.2, -0.15) is 8.42 Å². The SMILES string of the molecule is COC(=O)C(C)(OS(C)(=O)=O)P(=O)(OC)OC. The summed E-state index contributed by atoms with van der Waals surface area (Å²) in [5, 5.41) is -2.39. The highest BCUT2D eigenvalue weighted by Crippen LogP contribution is 2.60. The third-order valence-corrected chi connectivity index (χ3v) is 4.92. The molecule has 0 amide bonds. The van der Waals surface area contributed by atoms with Gasteiger partial charge < -0.3 is 13.8 Å². The Balaban J connectivity index is 5.71. The minimum absolute atomic E-state index is 0.698. The molecule has 8 nitrogen and oxygen atoms in total. The Morgan fingerprint density at radius 1 is 1.18 bits per heavy atom. The quantitative estimate of drug-likeness (QED) is 0.391. The molecule has 0 heterocycles. The fourth-order valence-electron chi connectivity index (χ4n) is 1.10. The summed E-state index contributed by atoms with van der Waals surface area (Å²) in [5.74, 6) is -1.19. The van der Waals surface area contributed by atoms with Gasteiger partial charge in [0.25, 0.3) is 15.5 Å². The number of esters is 1. The van der Waals surface area contributed by atoms with E-state index in [4.69, 9.17) is 0 Å². The van der Waals surface area contributed by atoms with Crippen LogP contribution < -0.4 is 0 Å². The molecule has 0 radical (unpaired) electrons. The van der Waals surface area contributed by atoms with Crippen molar-refractivity contribution in [1.29, 1.82) is 0 Å². The molecule has 1 atom stereocenters. The predicted molar refractivity (Wildman–Crippen MR) is 58.0 cm³/mol. The van der Waals surface area contributed by atoms with Crippen LogP contribution in [0.2, 0.25) is 0 Å². The van der Waals surface area contributed by atoms with E-state index in [0.717, 1.165) is 28.3 Å². The van der Waals surface area contributed by atoms with Gasteiger partial charge in [-0.3, -0.25) is 4.57 Å². The maximum absolute atomic E-state index is 12.1. The second-order valence-corrected chi connectivity index (χ2v) is 7.28. The molecule has 0 aliphatic heterocycles. The highest BCUT2D eigenvalue weighted by Gasteiger charge is 2.57. The first kappa shape index (κ1) is 16.5. The zero-order valence-corrected chi connectivity index (χ0v) is 11.8. The first-order chi connectivity index (χ1) is 7.56. The molecule has 0 fully saturated rings. The van der Waals surface area contributed by atoms with Gasteiger partial charge in [-0.1, -0.05) is 0 Å². The molecule has 17 heavy (non-hydrogen) atoms. The number of ether oxygens (including phenoxy) is 1. The maximum Gasteiger partial charge on any atom is 0.374 e. The number of hydrogen-bond acceptors (Lipinski definition) is 8. The molecular formula is C7H15O8PS. The Labute approximate surface area is 99.8 Å². The molecule has 1 unspecified atom stereocenters. The van der Waals surface area contributed by atoms with E-state index in [2.05, 4.69) is 18.0 Å². The zero-order valence-electron chi connectivity index (χ0n) is 10.1. The molecule has 0 aromatic heterocycles. The van der Waals surface area contributed by atoms with Gasteiger partial charge in [0.1, 0.15) is 0 Å². The van der Waals surface area contributed by atoms with Crippen molar-refractivity contribution in [3.05, 3.63) is 0 Å². The lowest BCUT2D eigenvalue weighted by atomic mass is 10.4. The van der Waals surface area contributed by atoms with Gasteiger partial charge >= 0.3 is 13.6 Å². The standard InChI is InChI=1S/C7H15O8PS/c1-7(6(8)12-2,15-17(5,10)11)16(9,13-3)14-4/h1-5H3. The summed E-state index contributed by atoms with van der Waals surface area (Å²) in [5.41, 5.74) is 0. The smallest absolute Gasteiger partial charge is 0.374 e. The summed E-state index contributed by atoms with van der Waals surface area (Å²) in [6, 6.07) is 0. The zero-order chi connectivity index (χ0) is 13.9. The van der Waals surface area contributed by atoms with Crippen molar-refractivity contribution in [2.24, 2.45) is 0 Å². The van der Waals surface area contributed by atoms with Crippen LogP contribution in [0.15, 0.2) is 0 Å². The summed E-state index contributed by atoms with van der Waals surface area (Å²) in [4.78, 5) is 11.5. The lowest BCUT2D eigenvalue weighted by Crippen LogP contribution is -2.41. The van der Waals surface area contributed by atoms with Crippen LogP contribution in [0.4, 0.5) is 0 Å². The average molecular weight is 290 g/mol. The normalized spacial score (nSPS) is 16.3. The van der Waals surface area contributed by atoms with Gasteiger partial charge in [0.15, 0.2) is 0 Å². The van der Waals surface area contributed by atoms with E-state index in [9.17, 15) is 17.8 Å². The van der Waals surface area contributed by atoms with Gasteiger partial charge in [-0.15, -0.1) is 0 Å². The number of hydrogen-bond donors (Lipinski definition) is 0. The number of carbonyl (C=O) groups excluding carboxylic acids is 1. The Kier molecular flexibility index (Phi) is 5.30. The summed E-state index contributed by atoms with van der Waals surface area (Å²) in [7, 11) is -5.24. The molecule has 0 saturated carbocycles. The van der Waals surface area contributed by atoms with E-state index in [1.54, 1.807) is 0 Å². The Morgan fingerprint density at radius 3 is 1.82 bits per heavy atom. The highest BCUT2D eigenvalue weighted by atomic mass is 32.2. The lowest BCUT2D eigenvalue weighted by molar-refractivity contribution is -0.152. The van der Waals surface area contributed by atoms with Crippen LogP contribution in [0.5, 0.6) is 0 Å². The van der Waals surface area contributed by atoms with Crippen molar-refractivity contribution in [2.45, 2.75) is 12.3 Å². The average Bonchev–Trinajstić information content (AvgIpc) is 2.24. The van der Waals surface area contributed by atoms with Gasteiger partial charge in [0.2, 0.25) is 0 Å². The molecule has 0 aliphatic rings. The van der Waals surface area contributed by atoms with Crippen molar-refractivity contribution in [2.75, 3.05) is 27.6 Å². The molecular weight excluding hydrogens is 275 g/mol. The predicted octanol–water partition coefficient (Wildman–Crippen LogP) is 0.338. The Morgan fingerprint density at radius 2 is 1.59 bits per heavy atom. The van der Waals surface area contributed by atoms with Crippen molar-refractivity contribution in [3.8, 4) is 0 Å². The minimum atomic E-state index is -4.15. The fraction of sp³-hybridized carbons (Fsp3) is 0.857. The first-order valence-electron chi connectivity index (χ1n) is 4.27. The van der Waals surface area contributed by atoms with Crippen molar-refractivity contribution >= 4 is 23.7 Å². The molecule has 0 bridgehead atoms. The molecule has 10 heteroatoms. The van der Waals surface area contributed by atoms with Crippen molar-refractivity contribution < 1.29 is 35.7 Å². The highest BCUT2D eigenvalue weighted by molar-refractivity contribution is 7.86. The third-order valence-electron chi connectivity index (χ3n) is 1.88. The Bertz CT molecular complexity index is 421. The van der Waals surface area contributed by atoms with Crippen LogP contribution in [0.25, 0.3) is 0 Å². The largest absolute Gasteiger partial charge is 0.466 e. The third kappa shape index (κ3) is 3.49. The summed E-state index contributed by atoms with van der Waals surface area (Å²) in [6.45, 7) is 0.952. The van der Waals surface area contributed by atoms with Gasteiger partial charge in [0, 0.05) is 14.2 Å². The topological polar surface area (TPSA) is 105 Å². The van der Waals surface area contributed by atoms with Gasteiger partial charge in [0.05, 0.1) is 13.4 Å². The molecule has 0 spiro atoms. The van der Waals surface area contributed by atoms with E-state index in [1.807, 2.05) is 0 Å². The maximum atomic E-state index is 12.1. The molecule has 102 valence electrons. The van der Waals surface area contributed by atoms with Crippen LogP contribution >= 0.6 is 7.60 Å². The number of rotatable bonds is 6. The lowest BCUT2D eigenvalue weighted by Gasteiger charge is -2.30. The van der Waals surface area contributed by atoms with E-state index in [0.29, 0.717) is 6.26 Å². The summed E-state index contributed by atoms with van der Waals surface area (Å²) >= 11 is 0. The number of methoxy groups -OCH3 is 1. The molecule has 0 aromatic carbocycles. The van der Waals surface area contributed by atoms with E-state index in [1.165, 1.54) is 0 Å². The summed E-state index contributed by atoms with van der Waals surface area (Å²) < 4.78 is 52.3. The summed E-state index contributed by atoms with van der Waals surface area (Å²) in [6.07, 6.45) is 0.698. The monoisotopic (exact) mass is 290 g/mol. The van der Waals surface area contributed by atoms with Gasteiger partial charge in [-0.05, 0) is 6.92 Å². The minimum Gasteiger partial charge on any atom is -0.466 e. The van der Waals surface area contributed by atoms with E-state index in [-0.39, 0.29) is 0 Å². The van der Waals surface area contributed by atoms with Crippen LogP contribution in [-0.4, -0.2) is 47.3 Å². The van der Waals surface area contributed by atoms with E-state index >= 15 is 0 Å². The van der Waals surface area contributed by atoms with Gasteiger partial charge in [-0.25, -0.2) is 8.98 Å². The molecule has 0 saturated heterocycles. The molecule has 0 aliphatic carbocycles. The van der Waals surface area contributed by atoms with E-state index < -0.39 is 29.0 Å². The van der Waals surface area contributed by atoms with Crippen molar-refractivity contribution in [3.63, 3.8) is 0 Å². The fourth-order valence-corrected chi connectivity index (χ4v) is 3.69. The molecule has 0 aromatic rings. The Hall–Kier alpha value is -0.470. The molecule has 0 rings (SSSR count). The van der Waals surface area contributed by atoms with Crippen LogP contribution in [0, 0.1) is 0 Å². The van der Waals surface area contributed by atoms with Crippen LogP contribution in [0.1, 0.15) is 6.92 Å². The van der Waals surface area contributed by atoms with Crippen LogP contribution in [-0.2, 0) is 37.4 Å². The number of carbonyl (C=O) groups is 1.